The van der Waals surface area contributed by atoms with Crippen LogP contribution in [0, 0.1) is 5.92 Å². The van der Waals surface area contributed by atoms with Crippen molar-refractivity contribution < 1.29 is 9.32 Å². The van der Waals surface area contributed by atoms with Crippen LogP contribution >= 0.6 is 11.6 Å². The van der Waals surface area contributed by atoms with E-state index in [9.17, 15) is 4.79 Å². The normalized spacial score (nSPS) is 17.1. The number of rotatable bonds is 6. The van der Waals surface area contributed by atoms with Crippen molar-refractivity contribution in [3.05, 3.63) is 71.1 Å². The molecule has 1 amide bonds. The number of nitrogens with zero attached hydrogens (tertiary/aromatic N) is 4. The summed E-state index contributed by atoms with van der Waals surface area (Å²) in [5.74, 6) is 1.05. The molecule has 2 aromatic carbocycles. The lowest BCUT2D eigenvalue weighted by molar-refractivity contribution is -0.137. The van der Waals surface area contributed by atoms with Crippen molar-refractivity contribution in [3.63, 3.8) is 0 Å². The second-order valence-corrected chi connectivity index (χ2v) is 8.14. The van der Waals surface area contributed by atoms with E-state index in [0.717, 1.165) is 48.6 Å². The van der Waals surface area contributed by atoms with Crippen LogP contribution in [0.15, 0.2) is 59.1 Å². The first kappa shape index (κ1) is 20.6. The molecule has 0 saturated carbocycles. The van der Waals surface area contributed by atoms with Crippen molar-refractivity contribution in [1.29, 1.82) is 0 Å². The third-order valence-electron chi connectivity index (χ3n) is 5.46. The smallest absolute Gasteiger partial charge is 0.246 e. The Labute approximate surface area is 181 Å². The fraction of sp³-hybridized carbons (Fsp3) is 0.348. The van der Waals surface area contributed by atoms with Gasteiger partial charge in [-0.2, -0.15) is 4.98 Å². The van der Waals surface area contributed by atoms with Crippen molar-refractivity contribution >= 4 is 17.5 Å². The number of carbonyl (C=O) groups is 1. The summed E-state index contributed by atoms with van der Waals surface area (Å²) in [6, 6.07) is 17.5. The zero-order valence-electron chi connectivity index (χ0n) is 17.0. The van der Waals surface area contributed by atoms with Gasteiger partial charge in [0.05, 0.1) is 12.5 Å². The minimum absolute atomic E-state index is 0.0391. The number of aromatic nitrogens is 2. The molecule has 0 radical (unpaired) electrons. The highest BCUT2D eigenvalue weighted by atomic mass is 35.5. The summed E-state index contributed by atoms with van der Waals surface area (Å²) in [6.45, 7) is 2.77. The third-order valence-corrected chi connectivity index (χ3v) is 5.82. The van der Waals surface area contributed by atoms with Crippen LogP contribution in [0.2, 0.25) is 5.02 Å². The lowest BCUT2D eigenvalue weighted by Crippen LogP contribution is -2.43. The number of carbonyl (C=O) groups excluding carboxylic acids is 1. The van der Waals surface area contributed by atoms with Crippen LogP contribution in [-0.4, -0.2) is 46.0 Å². The highest BCUT2D eigenvalue weighted by Crippen LogP contribution is 2.24. The molecule has 1 saturated heterocycles. The maximum absolute atomic E-state index is 13.0. The first-order chi connectivity index (χ1) is 14.6. The minimum Gasteiger partial charge on any atom is -0.337 e. The molecular formula is C23H25ClN4O2. The average molecular weight is 425 g/mol. The summed E-state index contributed by atoms with van der Waals surface area (Å²) in [5, 5.41) is 4.81. The van der Waals surface area contributed by atoms with E-state index in [1.54, 1.807) is 11.9 Å². The van der Waals surface area contributed by atoms with E-state index in [4.69, 9.17) is 16.1 Å². The van der Waals surface area contributed by atoms with E-state index in [-0.39, 0.29) is 11.8 Å². The molecule has 156 valence electrons. The van der Waals surface area contributed by atoms with Gasteiger partial charge in [-0.15, -0.1) is 0 Å². The topological polar surface area (TPSA) is 62.5 Å². The second kappa shape index (κ2) is 9.41. The predicted octanol–water partition coefficient (Wildman–Crippen LogP) is 4.26. The maximum atomic E-state index is 13.0. The molecule has 30 heavy (non-hydrogen) atoms. The Morgan fingerprint density at radius 3 is 2.77 bits per heavy atom. The molecule has 0 unspecified atom stereocenters. The van der Waals surface area contributed by atoms with Crippen LogP contribution in [0.1, 0.15) is 24.3 Å². The van der Waals surface area contributed by atoms with E-state index in [0.29, 0.717) is 18.3 Å². The number of halogens is 1. The van der Waals surface area contributed by atoms with Crippen molar-refractivity contribution in [1.82, 2.24) is 19.9 Å². The van der Waals surface area contributed by atoms with E-state index >= 15 is 0 Å². The van der Waals surface area contributed by atoms with Gasteiger partial charge in [0.2, 0.25) is 17.6 Å². The quantitative estimate of drug-likeness (QED) is 0.591. The SMILES string of the molecule is CN(Cc1nc(-c2ccccc2)no1)C(=O)[C@H]1CCCN(Cc2ccccc2Cl)C1. The van der Waals surface area contributed by atoms with Gasteiger partial charge in [-0.1, -0.05) is 65.3 Å². The van der Waals surface area contributed by atoms with Crippen LogP contribution in [0.3, 0.4) is 0 Å². The Kier molecular flexibility index (Phi) is 6.45. The molecule has 0 spiro atoms. The molecule has 1 aliphatic rings. The molecule has 6 nitrogen and oxygen atoms in total. The fourth-order valence-electron chi connectivity index (χ4n) is 3.88. The lowest BCUT2D eigenvalue weighted by Gasteiger charge is -2.33. The van der Waals surface area contributed by atoms with E-state index < -0.39 is 0 Å². The van der Waals surface area contributed by atoms with Gasteiger partial charge >= 0.3 is 0 Å². The Hall–Kier alpha value is -2.70. The summed E-state index contributed by atoms with van der Waals surface area (Å²) >= 11 is 6.30. The Bertz CT molecular complexity index is 992. The number of amides is 1. The van der Waals surface area contributed by atoms with Crippen molar-refractivity contribution in [2.45, 2.75) is 25.9 Å². The summed E-state index contributed by atoms with van der Waals surface area (Å²) in [7, 11) is 1.79. The Morgan fingerprint density at radius 1 is 1.20 bits per heavy atom. The zero-order chi connectivity index (χ0) is 20.9. The lowest BCUT2D eigenvalue weighted by atomic mass is 9.96. The Morgan fingerprint density at radius 2 is 1.97 bits per heavy atom. The summed E-state index contributed by atoms with van der Waals surface area (Å²) < 4.78 is 5.36. The highest BCUT2D eigenvalue weighted by Gasteiger charge is 2.29. The molecule has 1 aromatic heterocycles. The summed E-state index contributed by atoms with van der Waals surface area (Å²) in [6.07, 6.45) is 1.88. The van der Waals surface area contributed by atoms with Gasteiger partial charge in [0.25, 0.3) is 0 Å². The fourth-order valence-corrected chi connectivity index (χ4v) is 4.08. The first-order valence-corrected chi connectivity index (χ1v) is 10.6. The molecule has 2 heterocycles. The number of benzene rings is 2. The average Bonchev–Trinajstić information content (AvgIpc) is 3.24. The molecule has 7 heteroatoms. The minimum atomic E-state index is -0.0391. The predicted molar refractivity (Wildman–Crippen MR) is 116 cm³/mol. The molecular weight excluding hydrogens is 400 g/mol. The summed E-state index contributed by atoms with van der Waals surface area (Å²) in [4.78, 5) is 21.5. The standard InChI is InChI=1S/C23H25ClN4O2/c1-27(16-21-25-22(26-30-21)17-8-3-2-4-9-17)23(29)19-11-7-13-28(15-19)14-18-10-5-6-12-20(18)24/h2-6,8-10,12,19H,7,11,13-16H2,1H3/t19-/m0/s1. The molecule has 0 bridgehead atoms. The molecule has 1 atom stereocenters. The molecule has 0 aliphatic carbocycles. The first-order valence-electron chi connectivity index (χ1n) is 10.2. The molecule has 0 N–H and O–H groups in total. The van der Waals surface area contributed by atoms with Gasteiger partial charge < -0.3 is 9.42 Å². The van der Waals surface area contributed by atoms with Gasteiger partial charge in [-0.25, -0.2) is 0 Å². The molecule has 1 fully saturated rings. The van der Waals surface area contributed by atoms with Gasteiger partial charge in [-0.3, -0.25) is 9.69 Å². The number of hydrogen-bond donors (Lipinski definition) is 0. The highest BCUT2D eigenvalue weighted by molar-refractivity contribution is 6.31. The van der Waals surface area contributed by atoms with Crippen molar-refractivity contribution in [3.8, 4) is 11.4 Å². The van der Waals surface area contributed by atoms with Crippen LogP contribution in [0.25, 0.3) is 11.4 Å². The van der Waals surface area contributed by atoms with Gasteiger partial charge in [-0.05, 0) is 31.0 Å². The largest absolute Gasteiger partial charge is 0.337 e. The van der Waals surface area contributed by atoms with Crippen molar-refractivity contribution in [2.24, 2.45) is 5.92 Å². The number of hydrogen-bond acceptors (Lipinski definition) is 5. The van der Waals surface area contributed by atoms with Gasteiger partial charge in [0.15, 0.2) is 0 Å². The van der Waals surface area contributed by atoms with E-state index in [2.05, 4.69) is 15.0 Å². The Balaban J connectivity index is 1.35. The second-order valence-electron chi connectivity index (χ2n) is 7.74. The van der Waals surface area contributed by atoms with E-state index in [1.807, 2.05) is 54.6 Å². The van der Waals surface area contributed by atoms with Gasteiger partial charge in [0.1, 0.15) is 0 Å². The number of piperidine rings is 1. The maximum Gasteiger partial charge on any atom is 0.246 e. The van der Waals surface area contributed by atoms with Crippen LogP contribution in [-0.2, 0) is 17.9 Å². The van der Waals surface area contributed by atoms with Crippen LogP contribution in [0.5, 0.6) is 0 Å². The molecule has 3 aromatic rings. The summed E-state index contributed by atoms with van der Waals surface area (Å²) in [5.41, 5.74) is 1.99. The molecule has 1 aliphatic heterocycles. The molecule has 4 rings (SSSR count). The van der Waals surface area contributed by atoms with Crippen molar-refractivity contribution in [2.75, 3.05) is 20.1 Å². The van der Waals surface area contributed by atoms with Crippen LogP contribution in [0.4, 0.5) is 0 Å². The van der Waals surface area contributed by atoms with E-state index in [1.165, 1.54) is 0 Å². The monoisotopic (exact) mass is 424 g/mol. The van der Waals surface area contributed by atoms with Crippen LogP contribution < -0.4 is 0 Å². The zero-order valence-corrected chi connectivity index (χ0v) is 17.8. The number of likely N-dealkylation sites (tertiary alicyclic amines) is 1. The third kappa shape index (κ3) is 4.89. The van der Waals surface area contributed by atoms with Gasteiger partial charge in [0, 0.05) is 30.7 Å².